The molecule has 3 amide bonds. The van der Waals surface area contributed by atoms with Crippen molar-refractivity contribution in [2.24, 2.45) is 7.05 Å². The minimum absolute atomic E-state index is 0.111. The molecule has 2 N–H and O–H groups in total. The highest BCUT2D eigenvalue weighted by atomic mass is 16.4. The van der Waals surface area contributed by atoms with Crippen LogP contribution in [-0.4, -0.2) is 50.8 Å². The number of hydrogen-bond acceptors (Lipinski definition) is 4. The van der Waals surface area contributed by atoms with Gasteiger partial charge in [-0.05, 0) is 18.4 Å². The molecule has 4 rings (SSSR count). The van der Waals surface area contributed by atoms with Gasteiger partial charge in [0.25, 0.3) is 0 Å². The molecular weight excluding hydrogens is 336 g/mol. The molecule has 3 heterocycles. The Balaban J connectivity index is 1.74. The van der Waals surface area contributed by atoms with Crippen molar-refractivity contribution in [1.29, 1.82) is 0 Å². The molecule has 26 heavy (non-hydrogen) atoms. The summed E-state index contributed by atoms with van der Waals surface area (Å²) >= 11 is 0. The third kappa shape index (κ3) is 2.61. The lowest BCUT2D eigenvalue weighted by Gasteiger charge is -2.19. The summed E-state index contributed by atoms with van der Waals surface area (Å²) in [5.74, 6) is -0.873. The Labute approximate surface area is 149 Å². The number of amides is 3. The summed E-state index contributed by atoms with van der Waals surface area (Å²) in [4.78, 5) is 36.3. The van der Waals surface area contributed by atoms with Gasteiger partial charge in [0, 0.05) is 37.9 Å². The molecule has 8 nitrogen and oxygen atoms in total. The minimum Gasteiger partial charge on any atom is -0.465 e. The van der Waals surface area contributed by atoms with Crippen LogP contribution in [0.4, 0.5) is 4.79 Å². The number of piperidine rings is 1. The fourth-order valence-electron chi connectivity index (χ4n) is 4.12. The average molecular weight is 356 g/mol. The molecular formula is C18H20N4O4. The lowest BCUT2D eigenvalue weighted by atomic mass is 9.90. The lowest BCUT2D eigenvalue weighted by Crippen LogP contribution is -2.39. The van der Waals surface area contributed by atoms with Crippen LogP contribution in [-0.2, 0) is 16.6 Å². The number of carbonyl (C=O) groups is 3. The number of imide groups is 1. The van der Waals surface area contributed by atoms with Crippen LogP contribution in [0.2, 0.25) is 0 Å². The summed E-state index contributed by atoms with van der Waals surface area (Å²) in [6.07, 6.45) is 0.639. The summed E-state index contributed by atoms with van der Waals surface area (Å²) in [7, 11) is 1.84. The van der Waals surface area contributed by atoms with Crippen molar-refractivity contribution in [2.75, 3.05) is 13.1 Å². The quantitative estimate of drug-likeness (QED) is 0.795. The van der Waals surface area contributed by atoms with Gasteiger partial charge in [-0.2, -0.15) is 5.10 Å². The van der Waals surface area contributed by atoms with Gasteiger partial charge in [0.05, 0.1) is 17.1 Å². The van der Waals surface area contributed by atoms with Gasteiger partial charge < -0.3 is 10.0 Å². The summed E-state index contributed by atoms with van der Waals surface area (Å²) in [6.45, 7) is 0.988. The molecule has 1 unspecified atom stereocenters. The van der Waals surface area contributed by atoms with Crippen LogP contribution in [0.25, 0.3) is 10.9 Å². The predicted octanol–water partition coefficient (Wildman–Crippen LogP) is 1.56. The highest BCUT2D eigenvalue weighted by Crippen LogP contribution is 2.36. The van der Waals surface area contributed by atoms with E-state index in [1.54, 1.807) is 4.68 Å². The predicted molar refractivity (Wildman–Crippen MR) is 92.8 cm³/mol. The van der Waals surface area contributed by atoms with E-state index in [9.17, 15) is 19.5 Å². The minimum atomic E-state index is -0.895. The van der Waals surface area contributed by atoms with E-state index in [2.05, 4.69) is 10.4 Å². The van der Waals surface area contributed by atoms with E-state index in [1.807, 2.05) is 25.2 Å². The molecule has 136 valence electrons. The zero-order valence-electron chi connectivity index (χ0n) is 14.4. The number of para-hydroxylation sites is 1. The summed E-state index contributed by atoms with van der Waals surface area (Å²) in [6, 6.07) is 5.88. The molecule has 0 bridgehead atoms. The molecule has 2 aromatic rings. The first-order valence-corrected chi connectivity index (χ1v) is 8.72. The van der Waals surface area contributed by atoms with E-state index in [1.165, 1.54) is 4.90 Å². The van der Waals surface area contributed by atoms with Crippen LogP contribution < -0.4 is 5.32 Å². The number of carboxylic acid groups (broad SMARTS) is 1. The molecule has 1 aromatic carbocycles. The van der Waals surface area contributed by atoms with E-state index in [4.69, 9.17) is 0 Å². The third-order valence-electron chi connectivity index (χ3n) is 5.39. The molecule has 0 aliphatic carbocycles. The van der Waals surface area contributed by atoms with E-state index in [0.717, 1.165) is 22.9 Å². The molecule has 0 spiro atoms. The number of benzene rings is 1. The standard InChI is InChI=1S/C18H20N4O4/c1-21-16-11(10-7-8-22(9-10)18(25)26)3-2-4-12(16)15(20-21)13-5-6-14(23)19-17(13)24/h2-4,10,13H,5-9H2,1H3,(H,25,26)(H,19,23,24)/t10-,13?/m0/s1. The summed E-state index contributed by atoms with van der Waals surface area (Å²) in [5.41, 5.74) is 2.67. The first kappa shape index (κ1) is 16.6. The smallest absolute Gasteiger partial charge is 0.407 e. The van der Waals surface area contributed by atoms with Gasteiger partial charge >= 0.3 is 6.09 Å². The van der Waals surface area contributed by atoms with Gasteiger partial charge in [0.1, 0.15) is 0 Å². The Hall–Kier alpha value is -2.90. The van der Waals surface area contributed by atoms with Crippen LogP contribution in [0.5, 0.6) is 0 Å². The summed E-state index contributed by atoms with van der Waals surface area (Å²) < 4.78 is 1.77. The SMILES string of the molecule is Cn1nc(C2CCC(=O)NC2=O)c2cccc([C@H]3CCN(C(=O)O)C3)c21. The Bertz CT molecular complexity index is 919. The van der Waals surface area contributed by atoms with Crippen molar-refractivity contribution in [2.45, 2.75) is 31.1 Å². The van der Waals surface area contributed by atoms with Crippen LogP contribution in [0.1, 0.15) is 42.4 Å². The van der Waals surface area contributed by atoms with Gasteiger partial charge in [-0.1, -0.05) is 18.2 Å². The monoisotopic (exact) mass is 356 g/mol. The van der Waals surface area contributed by atoms with Crippen molar-refractivity contribution in [1.82, 2.24) is 20.0 Å². The number of fused-ring (bicyclic) bond motifs is 1. The second-order valence-corrected chi connectivity index (χ2v) is 6.97. The van der Waals surface area contributed by atoms with Crippen molar-refractivity contribution in [3.63, 3.8) is 0 Å². The van der Waals surface area contributed by atoms with Gasteiger partial charge in [0.15, 0.2) is 0 Å². The summed E-state index contributed by atoms with van der Waals surface area (Å²) in [5, 5.41) is 17.1. The number of likely N-dealkylation sites (tertiary alicyclic amines) is 1. The number of nitrogens with one attached hydrogen (secondary N) is 1. The van der Waals surface area contributed by atoms with Gasteiger partial charge in [0.2, 0.25) is 11.8 Å². The molecule has 8 heteroatoms. The van der Waals surface area contributed by atoms with E-state index >= 15 is 0 Å². The maximum Gasteiger partial charge on any atom is 0.407 e. The van der Waals surface area contributed by atoms with Gasteiger partial charge in [-0.25, -0.2) is 4.79 Å². The zero-order chi connectivity index (χ0) is 18.4. The second kappa shape index (κ2) is 6.12. The highest BCUT2D eigenvalue weighted by molar-refractivity contribution is 6.02. The van der Waals surface area contributed by atoms with Crippen molar-refractivity contribution < 1.29 is 19.5 Å². The number of carbonyl (C=O) groups excluding carboxylic acids is 2. The molecule has 2 fully saturated rings. The molecule has 1 aromatic heterocycles. The largest absolute Gasteiger partial charge is 0.465 e. The Kier molecular flexibility index (Phi) is 3.90. The van der Waals surface area contributed by atoms with Crippen LogP contribution >= 0.6 is 0 Å². The number of aromatic nitrogens is 2. The Morgan fingerprint density at radius 2 is 2.12 bits per heavy atom. The molecule has 0 radical (unpaired) electrons. The first-order chi connectivity index (χ1) is 12.5. The highest BCUT2D eigenvalue weighted by Gasteiger charge is 2.33. The number of aryl methyl sites for hydroxylation is 1. The molecule has 2 aliphatic rings. The molecule has 0 saturated carbocycles. The fraction of sp³-hybridized carbons (Fsp3) is 0.444. The topological polar surface area (TPSA) is 105 Å². The van der Waals surface area contributed by atoms with Crippen molar-refractivity contribution in [3.8, 4) is 0 Å². The average Bonchev–Trinajstić information content (AvgIpc) is 3.21. The maximum atomic E-state index is 12.3. The lowest BCUT2D eigenvalue weighted by molar-refractivity contribution is -0.134. The number of rotatable bonds is 2. The molecule has 2 saturated heterocycles. The second-order valence-electron chi connectivity index (χ2n) is 6.97. The van der Waals surface area contributed by atoms with E-state index in [0.29, 0.717) is 31.6 Å². The molecule has 2 atom stereocenters. The Morgan fingerprint density at radius 1 is 1.31 bits per heavy atom. The van der Waals surface area contributed by atoms with Crippen LogP contribution in [0.3, 0.4) is 0 Å². The normalized spacial score (nSPS) is 23.5. The van der Waals surface area contributed by atoms with Crippen LogP contribution in [0.15, 0.2) is 18.2 Å². The Morgan fingerprint density at radius 3 is 2.81 bits per heavy atom. The maximum absolute atomic E-state index is 12.3. The van der Waals surface area contributed by atoms with E-state index in [-0.39, 0.29) is 17.7 Å². The van der Waals surface area contributed by atoms with Gasteiger partial charge in [-0.15, -0.1) is 0 Å². The van der Waals surface area contributed by atoms with Crippen molar-refractivity contribution >= 4 is 28.8 Å². The van der Waals surface area contributed by atoms with Gasteiger partial charge in [-0.3, -0.25) is 19.6 Å². The fourth-order valence-corrected chi connectivity index (χ4v) is 4.12. The molecule has 2 aliphatic heterocycles. The van der Waals surface area contributed by atoms with Crippen molar-refractivity contribution in [3.05, 3.63) is 29.5 Å². The van der Waals surface area contributed by atoms with E-state index < -0.39 is 12.0 Å². The first-order valence-electron chi connectivity index (χ1n) is 8.72. The third-order valence-corrected chi connectivity index (χ3v) is 5.39. The zero-order valence-corrected chi connectivity index (χ0v) is 14.4. The number of nitrogens with zero attached hydrogens (tertiary/aromatic N) is 3. The number of hydrogen-bond donors (Lipinski definition) is 2. The van der Waals surface area contributed by atoms with Crippen LogP contribution in [0, 0.1) is 0 Å².